The summed E-state index contributed by atoms with van der Waals surface area (Å²) < 4.78 is 37.7. The highest BCUT2D eigenvalue weighted by atomic mass is 32.2. The molecule has 1 N–H and O–H groups in total. The van der Waals surface area contributed by atoms with E-state index in [-0.39, 0.29) is 41.5 Å². The molecule has 3 aliphatic rings. The highest BCUT2D eigenvalue weighted by Crippen LogP contribution is 2.40. The summed E-state index contributed by atoms with van der Waals surface area (Å²) in [4.78, 5) is 37.6. The molecule has 180 valence electrons. The Morgan fingerprint density at radius 1 is 1.15 bits per heavy atom. The highest BCUT2D eigenvalue weighted by Gasteiger charge is 2.42. The van der Waals surface area contributed by atoms with Crippen molar-refractivity contribution in [1.82, 2.24) is 4.31 Å². The van der Waals surface area contributed by atoms with Crippen molar-refractivity contribution in [2.24, 2.45) is 17.8 Å². The SMILES string of the molecule is CC(OC(=O)C1CC2CCCC(C1)C2=O)C(=O)Nc1cccc(S(=O)(=O)N2CCOCC2)c1. The molecule has 1 aromatic rings. The Bertz CT molecular complexity index is 1000. The molecule has 3 atom stereocenters. The van der Waals surface area contributed by atoms with Gasteiger partial charge in [-0.3, -0.25) is 14.4 Å². The van der Waals surface area contributed by atoms with Crippen molar-refractivity contribution < 1.29 is 32.3 Å². The lowest BCUT2D eigenvalue weighted by molar-refractivity contribution is -0.161. The number of sulfonamides is 1. The molecule has 3 fully saturated rings. The van der Waals surface area contributed by atoms with Crippen molar-refractivity contribution in [2.45, 2.75) is 50.0 Å². The van der Waals surface area contributed by atoms with Crippen LogP contribution in [0.15, 0.2) is 29.2 Å². The Morgan fingerprint density at radius 2 is 1.82 bits per heavy atom. The fraction of sp³-hybridized carbons (Fsp3) is 0.609. The Kier molecular flexibility index (Phi) is 7.16. The van der Waals surface area contributed by atoms with Gasteiger partial charge in [-0.05, 0) is 50.8 Å². The Morgan fingerprint density at radius 3 is 2.48 bits per heavy atom. The minimum absolute atomic E-state index is 0.0738. The first kappa shape index (κ1) is 23.8. The summed E-state index contributed by atoms with van der Waals surface area (Å²) in [6.45, 7) is 2.72. The largest absolute Gasteiger partial charge is 0.452 e. The fourth-order valence-corrected chi connectivity index (χ4v) is 6.36. The van der Waals surface area contributed by atoms with Gasteiger partial charge >= 0.3 is 5.97 Å². The number of hydrogen-bond donors (Lipinski definition) is 1. The van der Waals surface area contributed by atoms with Crippen LogP contribution < -0.4 is 5.32 Å². The molecule has 2 aliphatic carbocycles. The number of benzene rings is 1. The van der Waals surface area contributed by atoms with E-state index in [4.69, 9.17) is 9.47 Å². The molecule has 0 aromatic heterocycles. The summed E-state index contributed by atoms with van der Waals surface area (Å²) in [5.74, 6) is -1.24. The van der Waals surface area contributed by atoms with Gasteiger partial charge < -0.3 is 14.8 Å². The maximum Gasteiger partial charge on any atom is 0.309 e. The van der Waals surface area contributed by atoms with Crippen molar-refractivity contribution in [3.05, 3.63) is 24.3 Å². The number of ether oxygens (including phenoxy) is 2. The number of Topliss-reactive ketones (excluding diaryl/α,β-unsaturated/α-hetero) is 1. The minimum atomic E-state index is -3.70. The van der Waals surface area contributed by atoms with Crippen molar-refractivity contribution in [1.29, 1.82) is 0 Å². The van der Waals surface area contributed by atoms with Gasteiger partial charge in [-0.2, -0.15) is 4.31 Å². The first-order chi connectivity index (χ1) is 15.8. The molecule has 0 spiro atoms. The second-order valence-electron chi connectivity index (χ2n) is 9.01. The van der Waals surface area contributed by atoms with Crippen LogP contribution in [0.4, 0.5) is 5.69 Å². The van der Waals surface area contributed by atoms with Crippen LogP contribution in [0.5, 0.6) is 0 Å². The third-order valence-corrected chi connectivity index (χ3v) is 8.65. The third kappa shape index (κ3) is 5.28. The van der Waals surface area contributed by atoms with Crippen molar-refractivity contribution in [2.75, 3.05) is 31.6 Å². The van der Waals surface area contributed by atoms with Gasteiger partial charge in [0.2, 0.25) is 10.0 Å². The van der Waals surface area contributed by atoms with E-state index in [1.807, 2.05) is 0 Å². The summed E-state index contributed by atoms with van der Waals surface area (Å²) in [6, 6.07) is 6.01. The summed E-state index contributed by atoms with van der Waals surface area (Å²) in [5, 5.41) is 2.63. The highest BCUT2D eigenvalue weighted by molar-refractivity contribution is 7.89. The number of esters is 1. The number of fused-ring (bicyclic) bond motifs is 2. The zero-order valence-corrected chi connectivity index (χ0v) is 19.5. The predicted molar refractivity (Wildman–Crippen MR) is 119 cm³/mol. The van der Waals surface area contributed by atoms with E-state index in [1.165, 1.54) is 23.4 Å². The molecule has 2 saturated carbocycles. The molecule has 1 heterocycles. The van der Waals surface area contributed by atoms with E-state index in [0.717, 1.165) is 19.3 Å². The Hall–Kier alpha value is -2.30. The van der Waals surface area contributed by atoms with Crippen LogP contribution in [0.3, 0.4) is 0 Å². The molecule has 10 heteroatoms. The number of morpholine rings is 1. The summed E-state index contributed by atoms with van der Waals surface area (Å²) in [6.07, 6.45) is 2.59. The number of carbonyl (C=O) groups excluding carboxylic acids is 3. The lowest BCUT2D eigenvalue weighted by atomic mass is 9.67. The maximum absolute atomic E-state index is 12.8. The van der Waals surface area contributed by atoms with E-state index in [0.29, 0.717) is 31.7 Å². The zero-order valence-electron chi connectivity index (χ0n) is 18.7. The Balaban J connectivity index is 1.35. The van der Waals surface area contributed by atoms with E-state index in [9.17, 15) is 22.8 Å². The molecule has 9 nitrogen and oxygen atoms in total. The standard InChI is InChI=1S/C23H30N2O7S/c1-15(32-23(28)18-12-16-4-2-5-17(13-18)21(16)26)22(27)24-19-6-3-7-20(14-19)33(29,30)25-8-10-31-11-9-25/h3,6-7,14-18H,2,4-5,8-13H2,1H3,(H,24,27). The first-order valence-electron chi connectivity index (χ1n) is 11.5. The maximum atomic E-state index is 12.8. The number of ketones is 1. The second kappa shape index (κ2) is 9.90. The number of carbonyl (C=O) groups is 3. The molecule has 2 bridgehead atoms. The lowest BCUT2D eigenvalue weighted by Gasteiger charge is -2.36. The van der Waals surface area contributed by atoms with Crippen LogP contribution in [0.25, 0.3) is 0 Å². The average molecular weight is 479 g/mol. The molecule has 33 heavy (non-hydrogen) atoms. The van der Waals surface area contributed by atoms with Crippen LogP contribution in [0.1, 0.15) is 39.0 Å². The van der Waals surface area contributed by atoms with E-state index >= 15 is 0 Å². The van der Waals surface area contributed by atoms with Crippen LogP contribution in [0, 0.1) is 17.8 Å². The van der Waals surface area contributed by atoms with Gasteiger partial charge in [0.05, 0.1) is 24.0 Å². The average Bonchev–Trinajstić information content (AvgIpc) is 2.79. The van der Waals surface area contributed by atoms with Crippen molar-refractivity contribution >= 4 is 33.4 Å². The topological polar surface area (TPSA) is 119 Å². The van der Waals surface area contributed by atoms with Gasteiger partial charge in [0.15, 0.2) is 6.10 Å². The minimum Gasteiger partial charge on any atom is -0.452 e. The first-order valence-corrected chi connectivity index (χ1v) is 12.9. The van der Waals surface area contributed by atoms with Gasteiger partial charge in [-0.1, -0.05) is 12.5 Å². The molecular weight excluding hydrogens is 448 g/mol. The van der Waals surface area contributed by atoms with Crippen LogP contribution in [-0.2, 0) is 33.9 Å². The van der Waals surface area contributed by atoms with Crippen LogP contribution in [0.2, 0.25) is 0 Å². The number of hydrogen-bond acceptors (Lipinski definition) is 7. The number of amides is 1. The number of nitrogens with one attached hydrogen (secondary N) is 1. The van der Waals surface area contributed by atoms with Crippen molar-refractivity contribution in [3.63, 3.8) is 0 Å². The number of rotatable bonds is 6. The summed E-state index contributed by atoms with van der Waals surface area (Å²) in [5.41, 5.74) is 0.301. The van der Waals surface area contributed by atoms with Gasteiger partial charge in [0.1, 0.15) is 5.78 Å². The van der Waals surface area contributed by atoms with Crippen molar-refractivity contribution in [3.8, 4) is 0 Å². The monoisotopic (exact) mass is 478 g/mol. The molecule has 1 aromatic carbocycles. The lowest BCUT2D eigenvalue weighted by Crippen LogP contribution is -2.41. The predicted octanol–water partition coefficient (Wildman–Crippen LogP) is 1.97. The quantitative estimate of drug-likeness (QED) is 0.621. The van der Waals surface area contributed by atoms with Gasteiger partial charge in [0, 0.05) is 30.6 Å². The molecule has 1 amide bonds. The van der Waals surface area contributed by atoms with E-state index in [1.54, 1.807) is 12.1 Å². The van der Waals surface area contributed by atoms with Gasteiger partial charge in [-0.25, -0.2) is 8.42 Å². The molecular formula is C23H30N2O7S. The molecule has 0 radical (unpaired) electrons. The van der Waals surface area contributed by atoms with E-state index in [2.05, 4.69) is 5.32 Å². The molecule has 1 aliphatic heterocycles. The van der Waals surface area contributed by atoms with Crippen LogP contribution >= 0.6 is 0 Å². The normalized spacial score (nSPS) is 26.9. The summed E-state index contributed by atoms with van der Waals surface area (Å²) >= 11 is 0. The molecule has 3 unspecified atom stereocenters. The van der Waals surface area contributed by atoms with E-state index < -0.39 is 28.0 Å². The smallest absolute Gasteiger partial charge is 0.309 e. The molecule has 1 saturated heterocycles. The van der Waals surface area contributed by atoms with Gasteiger partial charge in [0.25, 0.3) is 5.91 Å². The fourth-order valence-electron chi connectivity index (χ4n) is 4.91. The van der Waals surface area contributed by atoms with Gasteiger partial charge in [-0.15, -0.1) is 0 Å². The number of nitrogens with zero attached hydrogens (tertiary/aromatic N) is 1. The summed E-state index contributed by atoms with van der Waals surface area (Å²) in [7, 11) is -3.70. The number of anilines is 1. The second-order valence-corrected chi connectivity index (χ2v) is 10.9. The Labute approximate surface area is 193 Å². The third-order valence-electron chi connectivity index (χ3n) is 6.75. The zero-order chi connectivity index (χ0) is 23.6. The molecule has 4 rings (SSSR count). The van der Waals surface area contributed by atoms with Crippen LogP contribution in [-0.4, -0.2) is 62.8 Å².